The molecule has 0 radical (unpaired) electrons. The van der Waals surface area contributed by atoms with Crippen LogP contribution in [0.4, 0.5) is 5.69 Å². The van der Waals surface area contributed by atoms with Crippen molar-refractivity contribution in [3.05, 3.63) is 90.5 Å². The molecule has 5 nitrogen and oxygen atoms in total. The summed E-state index contributed by atoms with van der Waals surface area (Å²) in [5, 5.41) is 5.99. The fraction of sp³-hybridized carbons (Fsp3) is 0.167. The normalized spacial score (nSPS) is 10.1. The Labute approximate surface area is 182 Å². The van der Waals surface area contributed by atoms with Crippen LogP contribution in [0, 0.1) is 0 Å². The molecule has 0 saturated heterocycles. The molecule has 6 heteroatoms. The third kappa shape index (κ3) is 7.56. The van der Waals surface area contributed by atoms with Crippen LogP contribution in [0.25, 0.3) is 0 Å². The molecule has 3 aromatic carbocycles. The summed E-state index contributed by atoms with van der Waals surface area (Å²) in [7, 11) is 0. The van der Waals surface area contributed by atoms with Gasteiger partial charge in [0.15, 0.2) is 5.11 Å². The van der Waals surface area contributed by atoms with E-state index in [0.29, 0.717) is 31.8 Å². The summed E-state index contributed by atoms with van der Waals surface area (Å²) in [6, 6.07) is 26.9. The molecule has 0 aliphatic heterocycles. The average molecular weight is 421 g/mol. The lowest BCUT2D eigenvalue weighted by molar-refractivity contribution is -0.119. The second-order valence-corrected chi connectivity index (χ2v) is 6.93. The van der Waals surface area contributed by atoms with Crippen molar-refractivity contribution in [3.63, 3.8) is 0 Å². The highest BCUT2D eigenvalue weighted by Gasteiger charge is 2.06. The summed E-state index contributed by atoms with van der Waals surface area (Å²) in [6.45, 7) is 0.858. The minimum atomic E-state index is -0.123. The van der Waals surface area contributed by atoms with Crippen LogP contribution in [-0.4, -0.2) is 24.2 Å². The fourth-order valence-electron chi connectivity index (χ4n) is 2.75. The molecule has 2 N–H and O–H groups in total. The van der Waals surface area contributed by atoms with Gasteiger partial charge >= 0.3 is 0 Å². The van der Waals surface area contributed by atoms with Crippen LogP contribution >= 0.6 is 12.2 Å². The van der Waals surface area contributed by atoms with E-state index in [-0.39, 0.29) is 11.0 Å². The molecule has 0 spiro atoms. The second-order valence-electron chi connectivity index (χ2n) is 6.53. The Kier molecular flexibility index (Phi) is 8.23. The lowest BCUT2D eigenvalue weighted by Gasteiger charge is -2.12. The van der Waals surface area contributed by atoms with Crippen LogP contribution in [0.2, 0.25) is 0 Å². The molecule has 154 valence electrons. The van der Waals surface area contributed by atoms with Crippen molar-refractivity contribution in [2.45, 2.75) is 12.8 Å². The van der Waals surface area contributed by atoms with Crippen LogP contribution < -0.4 is 20.1 Å². The van der Waals surface area contributed by atoms with Gasteiger partial charge in [-0.2, -0.15) is 0 Å². The number of ether oxygens (including phenoxy) is 2. The molecule has 3 rings (SSSR count). The number of hydrogen-bond acceptors (Lipinski definition) is 4. The van der Waals surface area contributed by atoms with E-state index in [4.69, 9.17) is 21.7 Å². The first-order chi connectivity index (χ1) is 14.7. The number of aryl methyl sites for hydroxylation is 1. The molecule has 0 atom stereocenters. The number of hydrogen-bond donors (Lipinski definition) is 2. The Morgan fingerprint density at radius 3 is 2.17 bits per heavy atom. The largest absolute Gasteiger partial charge is 0.490 e. The molecule has 0 unspecified atom stereocenters. The number of carbonyl (C=O) groups is 1. The third-order valence-electron chi connectivity index (χ3n) is 4.19. The predicted molar refractivity (Wildman–Crippen MR) is 123 cm³/mol. The monoisotopic (exact) mass is 420 g/mol. The molecule has 0 aromatic heterocycles. The Balaban J connectivity index is 1.39. The number of thiocarbonyl (C=S) groups is 1. The number of rotatable bonds is 9. The van der Waals surface area contributed by atoms with E-state index < -0.39 is 0 Å². The van der Waals surface area contributed by atoms with Crippen molar-refractivity contribution in [2.24, 2.45) is 0 Å². The zero-order valence-corrected chi connectivity index (χ0v) is 17.4. The van der Waals surface area contributed by atoms with Crippen molar-refractivity contribution in [3.8, 4) is 11.5 Å². The third-order valence-corrected chi connectivity index (χ3v) is 4.40. The van der Waals surface area contributed by atoms with E-state index in [1.54, 1.807) is 0 Å². The van der Waals surface area contributed by atoms with Gasteiger partial charge in [0.1, 0.15) is 24.7 Å². The van der Waals surface area contributed by atoms with Crippen molar-refractivity contribution >= 4 is 28.9 Å². The van der Waals surface area contributed by atoms with Crippen LogP contribution in [-0.2, 0) is 11.2 Å². The maximum Gasteiger partial charge on any atom is 0.226 e. The SMILES string of the molecule is O=C(CCc1ccccc1)NC(=S)Nc1cccc(OCCOc2ccccc2)c1. The maximum absolute atomic E-state index is 12.1. The molecular formula is C24H24N2O3S. The first-order valence-corrected chi connectivity index (χ1v) is 10.2. The molecule has 3 aromatic rings. The summed E-state index contributed by atoms with van der Waals surface area (Å²) >= 11 is 5.24. The summed E-state index contributed by atoms with van der Waals surface area (Å²) in [5.41, 5.74) is 1.86. The molecule has 0 aliphatic carbocycles. The number of carbonyl (C=O) groups excluding carboxylic acids is 1. The summed E-state index contributed by atoms with van der Waals surface area (Å²) < 4.78 is 11.3. The van der Waals surface area contributed by atoms with Crippen molar-refractivity contribution in [1.29, 1.82) is 0 Å². The van der Waals surface area contributed by atoms with Crippen molar-refractivity contribution in [2.75, 3.05) is 18.5 Å². The van der Waals surface area contributed by atoms with Crippen LogP contribution in [0.5, 0.6) is 11.5 Å². The van der Waals surface area contributed by atoms with E-state index in [1.807, 2.05) is 84.9 Å². The van der Waals surface area contributed by atoms with Gasteiger partial charge in [-0.1, -0.05) is 54.6 Å². The maximum atomic E-state index is 12.1. The Morgan fingerprint density at radius 2 is 1.43 bits per heavy atom. The highest BCUT2D eigenvalue weighted by Crippen LogP contribution is 2.17. The first-order valence-electron chi connectivity index (χ1n) is 9.74. The minimum Gasteiger partial charge on any atom is -0.490 e. The van der Waals surface area contributed by atoms with Gasteiger partial charge in [-0.15, -0.1) is 0 Å². The predicted octanol–water partition coefficient (Wildman–Crippen LogP) is 4.59. The van der Waals surface area contributed by atoms with Gasteiger partial charge in [0.2, 0.25) is 5.91 Å². The molecule has 0 bridgehead atoms. The zero-order valence-electron chi connectivity index (χ0n) is 16.5. The topological polar surface area (TPSA) is 59.6 Å². The number of benzene rings is 3. The molecule has 30 heavy (non-hydrogen) atoms. The summed E-state index contributed by atoms with van der Waals surface area (Å²) in [5.74, 6) is 1.38. The van der Waals surface area contributed by atoms with Gasteiger partial charge in [0, 0.05) is 18.2 Å². The summed E-state index contributed by atoms with van der Waals surface area (Å²) in [6.07, 6.45) is 1.04. The van der Waals surface area contributed by atoms with Crippen LogP contribution in [0.1, 0.15) is 12.0 Å². The highest BCUT2D eigenvalue weighted by atomic mass is 32.1. The Bertz CT molecular complexity index is 949. The van der Waals surface area contributed by atoms with Gasteiger partial charge in [0.05, 0.1) is 0 Å². The Hall–Kier alpha value is -3.38. The van der Waals surface area contributed by atoms with E-state index in [1.165, 1.54) is 0 Å². The molecule has 0 aliphatic rings. The Morgan fingerprint density at radius 1 is 0.800 bits per heavy atom. The van der Waals surface area contributed by atoms with Crippen molar-refractivity contribution in [1.82, 2.24) is 5.32 Å². The number of para-hydroxylation sites is 1. The number of amides is 1. The van der Waals surface area contributed by atoms with Gasteiger partial charge in [-0.3, -0.25) is 4.79 Å². The molecule has 0 heterocycles. The summed E-state index contributed by atoms with van der Waals surface area (Å²) in [4.78, 5) is 12.1. The van der Waals surface area contributed by atoms with E-state index in [0.717, 1.165) is 17.0 Å². The lowest BCUT2D eigenvalue weighted by atomic mass is 10.1. The van der Waals surface area contributed by atoms with Crippen LogP contribution in [0.15, 0.2) is 84.9 Å². The first kappa shape index (κ1) is 21.3. The van der Waals surface area contributed by atoms with Crippen molar-refractivity contribution < 1.29 is 14.3 Å². The second kappa shape index (κ2) is 11.6. The number of anilines is 1. The van der Waals surface area contributed by atoms with Gasteiger partial charge in [0.25, 0.3) is 0 Å². The van der Waals surface area contributed by atoms with E-state index in [2.05, 4.69) is 10.6 Å². The van der Waals surface area contributed by atoms with Crippen LogP contribution in [0.3, 0.4) is 0 Å². The quantitative estimate of drug-likeness (QED) is 0.392. The molecule has 1 amide bonds. The standard InChI is InChI=1S/C24H24N2O3S/c27-23(15-14-19-8-3-1-4-9-19)26-24(30)25-20-10-7-13-22(18-20)29-17-16-28-21-11-5-2-6-12-21/h1-13,18H,14-17H2,(H2,25,26,27,30). The van der Waals surface area contributed by atoms with Gasteiger partial charge in [-0.05, 0) is 48.5 Å². The fourth-order valence-corrected chi connectivity index (χ4v) is 2.99. The minimum absolute atomic E-state index is 0.123. The van der Waals surface area contributed by atoms with Gasteiger partial charge < -0.3 is 20.1 Å². The van der Waals surface area contributed by atoms with Gasteiger partial charge in [-0.25, -0.2) is 0 Å². The molecular weight excluding hydrogens is 396 g/mol. The highest BCUT2D eigenvalue weighted by molar-refractivity contribution is 7.80. The molecule has 0 fully saturated rings. The zero-order chi connectivity index (χ0) is 21.0. The average Bonchev–Trinajstić information content (AvgIpc) is 2.77. The number of nitrogens with one attached hydrogen (secondary N) is 2. The molecule has 0 saturated carbocycles. The van der Waals surface area contributed by atoms with E-state index in [9.17, 15) is 4.79 Å². The lowest BCUT2D eigenvalue weighted by Crippen LogP contribution is -2.34. The van der Waals surface area contributed by atoms with E-state index >= 15 is 0 Å². The smallest absolute Gasteiger partial charge is 0.226 e.